The number of hydrogen-bond acceptors (Lipinski definition) is 4. The quantitative estimate of drug-likeness (QED) is 0.769. The molecular weight excluding hydrogens is 268 g/mol. The van der Waals surface area contributed by atoms with Crippen molar-refractivity contribution in [2.45, 2.75) is 26.0 Å². The lowest BCUT2D eigenvalue weighted by atomic mass is 10.1. The third-order valence-corrected chi connectivity index (χ3v) is 3.60. The van der Waals surface area contributed by atoms with E-state index < -0.39 is 6.61 Å². The molecule has 2 N–H and O–H groups in total. The molecule has 0 spiro atoms. The molecule has 6 heteroatoms. The first kappa shape index (κ1) is 15.0. The van der Waals surface area contributed by atoms with Crippen LogP contribution in [0, 0.1) is 5.41 Å². The van der Waals surface area contributed by atoms with Crippen LogP contribution in [0.25, 0.3) is 0 Å². The Labute approximate surface area is 116 Å². The lowest BCUT2D eigenvalue weighted by Crippen LogP contribution is -2.26. The molecule has 1 aromatic carbocycles. The van der Waals surface area contributed by atoms with Crippen molar-refractivity contribution in [1.82, 2.24) is 5.32 Å². The van der Waals surface area contributed by atoms with E-state index in [1.54, 1.807) is 18.2 Å². The molecule has 1 saturated carbocycles. The van der Waals surface area contributed by atoms with Gasteiger partial charge in [0.1, 0.15) is 0 Å². The predicted molar refractivity (Wildman–Crippen MR) is 70.1 cm³/mol. The average Bonchev–Trinajstić information content (AvgIpc) is 3.20. The lowest BCUT2D eigenvalue weighted by molar-refractivity contribution is -0.0518. The molecule has 112 valence electrons. The maximum Gasteiger partial charge on any atom is 0.387 e. The number of nitrogens with one attached hydrogen (secondary N) is 1. The molecule has 1 fully saturated rings. The normalized spacial score (nSPS) is 16.2. The second-order valence-corrected chi connectivity index (χ2v) is 5.09. The zero-order valence-corrected chi connectivity index (χ0v) is 11.4. The Morgan fingerprint density at radius 3 is 2.70 bits per heavy atom. The van der Waals surface area contributed by atoms with E-state index in [4.69, 9.17) is 4.74 Å². The van der Waals surface area contributed by atoms with Gasteiger partial charge >= 0.3 is 6.61 Å². The fourth-order valence-corrected chi connectivity index (χ4v) is 2.11. The van der Waals surface area contributed by atoms with Gasteiger partial charge in [-0.2, -0.15) is 8.78 Å². The van der Waals surface area contributed by atoms with Crippen molar-refractivity contribution in [2.75, 3.05) is 20.3 Å². The van der Waals surface area contributed by atoms with Crippen LogP contribution in [0.3, 0.4) is 0 Å². The van der Waals surface area contributed by atoms with E-state index in [1.165, 1.54) is 7.11 Å². The molecule has 0 radical (unpaired) electrons. The maximum atomic E-state index is 12.5. The van der Waals surface area contributed by atoms with Gasteiger partial charge in [0.2, 0.25) is 0 Å². The number of rotatable bonds is 8. The van der Waals surface area contributed by atoms with Crippen molar-refractivity contribution in [2.24, 2.45) is 5.41 Å². The molecule has 4 nitrogen and oxygen atoms in total. The van der Waals surface area contributed by atoms with Crippen molar-refractivity contribution in [3.8, 4) is 11.5 Å². The van der Waals surface area contributed by atoms with E-state index in [-0.39, 0.29) is 23.5 Å². The van der Waals surface area contributed by atoms with Crippen LogP contribution >= 0.6 is 0 Å². The minimum Gasteiger partial charge on any atom is -0.493 e. The number of para-hydroxylation sites is 1. The third-order valence-electron chi connectivity index (χ3n) is 3.60. The number of alkyl halides is 2. The van der Waals surface area contributed by atoms with E-state index in [1.807, 2.05) is 0 Å². The van der Waals surface area contributed by atoms with E-state index in [9.17, 15) is 13.9 Å². The number of ether oxygens (including phenoxy) is 2. The summed E-state index contributed by atoms with van der Waals surface area (Å²) < 4.78 is 34.5. The standard InChI is InChI=1S/C14H19F2NO3/c1-19-11-4-2-3-10(12(11)20-13(15)16)7-17-8-14(9-18)5-6-14/h2-4,13,17-18H,5-9H2,1H3. The van der Waals surface area contributed by atoms with Gasteiger partial charge in [-0.25, -0.2) is 0 Å². The van der Waals surface area contributed by atoms with Crippen LogP contribution in [-0.4, -0.2) is 32.0 Å². The van der Waals surface area contributed by atoms with Gasteiger partial charge in [0.25, 0.3) is 0 Å². The van der Waals surface area contributed by atoms with Crippen LogP contribution in [0.15, 0.2) is 18.2 Å². The van der Waals surface area contributed by atoms with Crippen LogP contribution in [0.4, 0.5) is 8.78 Å². The highest BCUT2D eigenvalue weighted by Crippen LogP contribution is 2.44. The second kappa shape index (κ2) is 6.37. The van der Waals surface area contributed by atoms with Crippen LogP contribution < -0.4 is 14.8 Å². The first-order valence-corrected chi connectivity index (χ1v) is 6.52. The van der Waals surface area contributed by atoms with Crippen molar-refractivity contribution < 1.29 is 23.4 Å². The van der Waals surface area contributed by atoms with Crippen LogP contribution in [0.2, 0.25) is 0 Å². The summed E-state index contributed by atoms with van der Waals surface area (Å²) in [6.45, 7) is -1.69. The zero-order chi connectivity index (χ0) is 14.6. The second-order valence-electron chi connectivity index (χ2n) is 5.09. The maximum absolute atomic E-state index is 12.5. The predicted octanol–water partition coefficient (Wildman–Crippen LogP) is 2.16. The Balaban J connectivity index is 2.02. The molecule has 0 aromatic heterocycles. The van der Waals surface area contributed by atoms with Gasteiger partial charge in [0.05, 0.1) is 7.11 Å². The zero-order valence-electron chi connectivity index (χ0n) is 11.4. The molecule has 0 unspecified atom stereocenters. The average molecular weight is 287 g/mol. The van der Waals surface area contributed by atoms with Gasteiger partial charge in [0.15, 0.2) is 11.5 Å². The lowest BCUT2D eigenvalue weighted by Gasteiger charge is -2.16. The minimum atomic E-state index is -2.89. The summed E-state index contributed by atoms with van der Waals surface area (Å²) in [6, 6.07) is 5.02. The minimum absolute atomic E-state index is 0.0252. The summed E-state index contributed by atoms with van der Waals surface area (Å²) in [6.07, 6.45) is 1.99. The Bertz CT molecular complexity index is 450. The number of benzene rings is 1. The number of hydrogen-bond donors (Lipinski definition) is 2. The molecule has 2 rings (SSSR count). The van der Waals surface area contributed by atoms with Gasteiger partial charge in [-0.3, -0.25) is 0 Å². The highest BCUT2D eigenvalue weighted by atomic mass is 19.3. The van der Waals surface area contributed by atoms with Crippen molar-refractivity contribution in [1.29, 1.82) is 0 Å². The molecule has 0 atom stereocenters. The molecule has 20 heavy (non-hydrogen) atoms. The van der Waals surface area contributed by atoms with Crippen molar-refractivity contribution >= 4 is 0 Å². The summed E-state index contributed by atoms with van der Waals surface area (Å²) in [5, 5.41) is 12.4. The van der Waals surface area contributed by atoms with Gasteiger partial charge in [-0.15, -0.1) is 0 Å². The van der Waals surface area contributed by atoms with Crippen LogP contribution in [-0.2, 0) is 6.54 Å². The molecule has 0 bridgehead atoms. The molecule has 1 aromatic rings. The van der Waals surface area contributed by atoms with Crippen LogP contribution in [0.5, 0.6) is 11.5 Å². The molecule has 0 aliphatic heterocycles. The van der Waals surface area contributed by atoms with E-state index in [0.29, 0.717) is 18.7 Å². The summed E-state index contributed by atoms with van der Waals surface area (Å²) in [4.78, 5) is 0. The molecule has 1 aliphatic carbocycles. The fraction of sp³-hybridized carbons (Fsp3) is 0.571. The smallest absolute Gasteiger partial charge is 0.387 e. The first-order valence-electron chi connectivity index (χ1n) is 6.52. The van der Waals surface area contributed by atoms with Gasteiger partial charge in [-0.05, 0) is 18.9 Å². The first-order chi connectivity index (χ1) is 9.60. The van der Waals surface area contributed by atoms with Crippen molar-refractivity contribution in [3.63, 3.8) is 0 Å². The summed E-state index contributed by atoms with van der Waals surface area (Å²) in [5.41, 5.74) is 0.584. The molecule has 0 amide bonds. The number of methoxy groups -OCH3 is 1. The summed E-state index contributed by atoms with van der Waals surface area (Å²) in [7, 11) is 1.41. The monoisotopic (exact) mass is 287 g/mol. The van der Waals surface area contributed by atoms with E-state index in [0.717, 1.165) is 12.8 Å². The highest BCUT2D eigenvalue weighted by Gasteiger charge is 2.41. The van der Waals surface area contributed by atoms with E-state index >= 15 is 0 Å². The molecular formula is C14H19F2NO3. The highest BCUT2D eigenvalue weighted by molar-refractivity contribution is 5.46. The largest absolute Gasteiger partial charge is 0.493 e. The Kier molecular flexibility index (Phi) is 4.77. The molecule has 0 saturated heterocycles. The number of halogens is 2. The molecule has 1 aliphatic rings. The van der Waals surface area contributed by atoms with E-state index in [2.05, 4.69) is 10.1 Å². The number of aliphatic hydroxyl groups is 1. The summed E-state index contributed by atoms with van der Waals surface area (Å²) in [5.74, 6) is 0.347. The Morgan fingerprint density at radius 2 is 2.15 bits per heavy atom. The van der Waals surface area contributed by atoms with Gasteiger partial charge < -0.3 is 19.9 Å². The topological polar surface area (TPSA) is 50.7 Å². The molecule has 0 heterocycles. The van der Waals surface area contributed by atoms with Gasteiger partial charge in [-0.1, -0.05) is 12.1 Å². The van der Waals surface area contributed by atoms with Gasteiger partial charge in [0, 0.05) is 30.7 Å². The number of aliphatic hydroxyl groups excluding tert-OH is 1. The SMILES string of the molecule is COc1cccc(CNCC2(CO)CC2)c1OC(F)F. The van der Waals surface area contributed by atoms with Crippen molar-refractivity contribution in [3.05, 3.63) is 23.8 Å². The fourth-order valence-electron chi connectivity index (χ4n) is 2.11. The van der Waals surface area contributed by atoms with Crippen LogP contribution in [0.1, 0.15) is 18.4 Å². The summed E-state index contributed by atoms with van der Waals surface area (Å²) >= 11 is 0. The Morgan fingerprint density at radius 1 is 1.40 bits per heavy atom. The Hall–Kier alpha value is -1.40. The third kappa shape index (κ3) is 3.58.